The number of nitrogens with zero attached hydrogens (tertiary/aromatic N) is 3. The van der Waals surface area contributed by atoms with E-state index in [-0.39, 0.29) is 30.1 Å². The molecule has 0 amide bonds. The molecule has 45 heavy (non-hydrogen) atoms. The molecule has 0 bridgehead atoms. The summed E-state index contributed by atoms with van der Waals surface area (Å²) in [5.41, 5.74) is 4.41. The average Bonchev–Trinajstić information content (AvgIpc) is 3.46. The molecule has 1 saturated carbocycles. The van der Waals surface area contributed by atoms with Crippen LogP contribution in [0, 0.1) is 10.8 Å². The zero-order chi connectivity index (χ0) is 32.1. The first kappa shape index (κ1) is 31.8. The van der Waals surface area contributed by atoms with Crippen molar-refractivity contribution in [2.24, 2.45) is 5.41 Å². The van der Waals surface area contributed by atoms with Crippen LogP contribution in [0.25, 0.3) is 22.5 Å². The van der Waals surface area contributed by atoms with Gasteiger partial charge in [0, 0.05) is 36.2 Å². The third-order valence-corrected chi connectivity index (χ3v) is 8.30. The Bertz CT molecular complexity index is 1770. The Kier molecular flexibility index (Phi) is 9.60. The van der Waals surface area contributed by atoms with Gasteiger partial charge in [-0.3, -0.25) is 23.7 Å². The highest BCUT2D eigenvalue weighted by Crippen LogP contribution is 2.33. The van der Waals surface area contributed by atoms with Gasteiger partial charge >= 0.3 is 11.7 Å². The number of rotatable bonds is 10. The van der Waals surface area contributed by atoms with Crippen LogP contribution in [0.3, 0.4) is 0 Å². The second-order valence-corrected chi connectivity index (χ2v) is 12.7. The van der Waals surface area contributed by atoms with Crippen LogP contribution in [-0.4, -0.2) is 38.0 Å². The number of H-pyrrole nitrogens is 1. The molecular formula is C35H41N5O5. The third kappa shape index (κ3) is 7.21. The van der Waals surface area contributed by atoms with Crippen molar-refractivity contribution in [3.63, 3.8) is 0 Å². The minimum atomic E-state index is -0.610. The number of aromatic amines is 1. The fraction of sp³-hybridized carbons (Fsp3) is 0.429. The van der Waals surface area contributed by atoms with Crippen molar-refractivity contribution in [1.29, 1.82) is 5.41 Å². The molecular weight excluding hydrogens is 570 g/mol. The molecule has 0 atom stereocenters. The molecule has 4 aromatic rings. The lowest BCUT2D eigenvalue weighted by molar-refractivity contribution is -0.160. The van der Waals surface area contributed by atoms with E-state index in [2.05, 4.69) is 17.1 Å². The highest BCUT2D eigenvalue weighted by molar-refractivity contribution is 5.80. The molecule has 1 fully saturated rings. The normalized spacial score (nSPS) is 16.8. The number of benzene rings is 2. The Morgan fingerprint density at radius 2 is 1.76 bits per heavy atom. The van der Waals surface area contributed by atoms with Gasteiger partial charge in [0.25, 0.3) is 5.56 Å². The molecule has 10 nitrogen and oxygen atoms in total. The minimum Gasteiger partial charge on any atom is -0.462 e. The first-order valence-electron chi connectivity index (χ1n) is 15.7. The molecule has 2 heterocycles. The van der Waals surface area contributed by atoms with Gasteiger partial charge in [-0.1, -0.05) is 67.0 Å². The number of nitrogens with one attached hydrogen (secondary N) is 2. The maximum Gasteiger partial charge on any atom is 0.439 e. The molecule has 0 aliphatic heterocycles. The number of esters is 1. The van der Waals surface area contributed by atoms with Gasteiger partial charge in [0.15, 0.2) is 5.82 Å². The molecule has 0 saturated heterocycles. The van der Waals surface area contributed by atoms with Crippen LogP contribution in [0.15, 0.2) is 62.6 Å². The Labute approximate surface area is 262 Å². The highest BCUT2D eigenvalue weighted by Gasteiger charge is 2.31. The number of carbonyl (C=O) groups is 1. The molecule has 1 aliphatic rings. The predicted octanol–water partition coefficient (Wildman–Crippen LogP) is 6.06. The Balaban J connectivity index is 1.43. The molecule has 1 aliphatic carbocycles. The number of aromatic nitrogens is 4. The molecule has 10 heteroatoms. The maximum atomic E-state index is 14.3. The number of aryl methyl sites for hydroxylation is 1. The standard InChI is InChI=1S/C35H41N5O5/c1-5-8-29-28(21-22-11-13-23(14-12-22)26-9-6-7-10-27(26)31-38-34(43)45-39-31)32(41)40(30(37-29)19-20-36)24-15-17-25(18-16-24)44-33(42)35(2,3)4/h6-7,9-14,20,24-25,36H,5,8,15-19,21H2,1-4H3,(H,38,39,43). The summed E-state index contributed by atoms with van der Waals surface area (Å²) in [4.78, 5) is 45.9. The summed E-state index contributed by atoms with van der Waals surface area (Å²) in [6.45, 7) is 7.62. The van der Waals surface area contributed by atoms with Crippen molar-refractivity contribution >= 4 is 12.2 Å². The predicted molar refractivity (Wildman–Crippen MR) is 173 cm³/mol. The van der Waals surface area contributed by atoms with E-state index in [9.17, 15) is 14.4 Å². The number of hydrogen-bond acceptors (Lipinski definition) is 8. The van der Waals surface area contributed by atoms with Crippen molar-refractivity contribution in [3.05, 3.63) is 92.1 Å². The summed E-state index contributed by atoms with van der Waals surface area (Å²) in [5, 5.41) is 11.6. The highest BCUT2D eigenvalue weighted by atomic mass is 16.5. The van der Waals surface area contributed by atoms with Gasteiger partial charge in [0.2, 0.25) is 0 Å². The Morgan fingerprint density at radius 3 is 2.36 bits per heavy atom. The van der Waals surface area contributed by atoms with Gasteiger partial charge in [0.1, 0.15) is 11.9 Å². The molecule has 2 aromatic carbocycles. The number of hydrogen-bond donors (Lipinski definition) is 2. The van der Waals surface area contributed by atoms with Gasteiger partial charge in [-0.15, -0.1) is 0 Å². The summed E-state index contributed by atoms with van der Waals surface area (Å²) in [7, 11) is 0. The molecule has 2 N–H and O–H groups in total. The first-order chi connectivity index (χ1) is 21.6. The topological polar surface area (TPSA) is 144 Å². The zero-order valence-electron chi connectivity index (χ0n) is 26.4. The second-order valence-electron chi connectivity index (χ2n) is 12.7. The van der Waals surface area contributed by atoms with E-state index < -0.39 is 11.2 Å². The van der Waals surface area contributed by atoms with Crippen molar-refractivity contribution in [2.75, 3.05) is 0 Å². The van der Waals surface area contributed by atoms with Gasteiger partial charge in [-0.05, 0) is 69.6 Å². The molecule has 5 rings (SSSR count). The zero-order valence-corrected chi connectivity index (χ0v) is 26.4. The van der Waals surface area contributed by atoms with Gasteiger partial charge in [-0.2, -0.15) is 0 Å². The average molecular weight is 612 g/mol. The van der Waals surface area contributed by atoms with Crippen LogP contribution in [0.1, 0.15) is 88.5 Å². The van der Waals surface area contributed by atoms with E-state index in [0.29, 0.717) is 55.7 Å². The maximum absolute atomic E-state index is 14.3. The van der Waals surface area contributed by atoms with Gasteiger partial charge in [0.05, 0.1) is 11.1 Å². The van der Waals surface area contributed by atoms with Crippen LogP contribution in [0.4, 0.5) is 0 Å². The smallest absolute Gasteiger partial charge is 0.439 e. The third-order valence-electron chi connectivity index (χ3n) is 8.30. The van der Waals surface area contributed by atoms with Crippen molar-refractivity contribution < 1.29 is 14.1 Å². The molecule has 0 unspecified atom stereocenters. The van der Waals surface area contributed by atoms with Crippen molar-refractivity contribution in [3.8, 4) is 22.5 Å². The van der Waals surface area contributed by atoms with E-state index in [0.717, 1.165) is 34.4 Å². The molecule has 2 aromatic heterocycles. The summed E-state index contributed by atoms with van der Waals surface area (Å²) in [5.74, 6) is 0.168. The fourth-order valence-corrected chi connectivity index (χ4v) is 5.94. The molecule has 236 valence electrons. The van der Waals surface area contributed by atoms with Gasteiger partial charge in [-0.25, -0.2) is 9.78 Å². The quantitative estimate of drug-likeness (QED) is 0.164. The lowest BCUT2D eigenvalue weighted by Gasteiger charge is -2.32. The van der Waals surface area contributed by atoms with E-state index in [4.69, 9.17) is 19.7 Å². The van der Waals surface area contributed by atoms with Crippen LogP contribution in [-0.2, 0) is 28.8 Å². The van der Waals surface area contributed by atoms with E-state index in [1.54, 1.807) is 0 Å². The summed E-state index contributed by atoms with van der Waals surface area (Å²) in [6, 6.07) is 15.6. The summed E-state index contributed by atoms with van der Waals surface area (Å²) >= 11 is 0. The van der Waals surface area contributed by atoms with Crippen LogP contribution < -0.4 is 11.3 Å². The van der Waals surface area contributed by atoms with Crippen LogP contribution in [0.2, 0.25) is 0 Å². The summed E-state index contributed by atoms with van der Waals surface area (Å²) in [6.07, 6.45) is 6.15. The SMILES string of the molecule is CCCc1nc(CC=N)n(C2CCC(OC(=O)C(C)(C)C)CC2)c(=O)c1Cc1ccc(-c2ccccc2-c2noc(=O)[nH]2)cc1. The number of carbonyl (C=O) groups excluding carboxylic acids is 1. The minimum absolute atomic E-state index is 0.0511. The van der Waals surface area contributed by atoms with Crippen LogP contribution >= 0.6 is 0 Å². The Hall–Kier alpha value is -4.60. The van der Waals surface area contributed by atoms with E-state index in [1.807, 2.05) is 73.9 Å². The van der Waals surface area contributed by atoms with Crippen molar-refractivity contribution in [2.45, 2.75) is 91.2 Å². The van der Waals surface area contributed by atoms with Crippen molar-refractivity contribution in [1.82, 2.24) is 19.7 Å². The number of ether oxygens (including phenoxy) is 1. The monoisotopic (exact) mass is 611 g/mol. The molecule has 0 radical (unpaired) electrons. The van der Waals surface area contributed by atoms with E-state index >= 15 is 0 Å². The van der Waals surface area contributed by atoms with E-state index in [1.165, 1.54) is 6.21 Å². The molecule has 0 spiro atoms. The summed E-state index contributed by atoms with van der Waals surface area (Å²) < 4.78 is 12.3. The fourth-order valence-electron chi connectivity index (χ4n) is 5.94. The largest absolute Gasteiger partial charge is 0.462 e. The lowest BCUT2D eigenvalue weighted by Crippen LogP contribution is -2.37. The van der Waals surface area contributed by atoms with Crippen LogP contribution in [0.5, 0.6) is 0 Å². The second kappa shape index (κ2) is 13.6. The van der Waals surface area contributed by atoms with Gasteiger partial charge < -0.3 is 10.1 Å². The lowest BCUT2D eigenvalue weighted by atomic mass is 9.91. The first-order valence-corrected chi connectivity index (χ1v) is 15.7. The Morgan fingerprint density at radius 1 is 1.07 bits per heavy atom.